The third kappa shape index (κ3) is 2.32. The molecule has 2 heteroatoms. The van der Waals surface area contributed by atoms with Crippen molar-refractivity contribution in [1.29, 1.82) is 0 Å². The van der Waals surface area contributed by atoms with E-state index in [1.165, 1.54) is 37.1 Å². The number of rotatable bonds is 1. The first-order chi connectivity index (χ1) is 7.29. The van der Waals surface area contributed by atoms with Crippen molar-refractivity contribution in [1.82, 2.24) is 5.01 Å². The lowest BCUT2D eigenvalue weighted by atomic mass is 10.2. The zero-order valence-corrected chi connectivity index (χ0v) is 9.74. The highest BCUT2D eigenvalue weighted by Gasteiger charge is 2.15. The molecule has 0 atom stereocenters. The van der Waals surface area contributed by atoms with Crippen molar-refractivity contribution in [3.8, 4) is 0 Å². The predicted octanol–water partition coefficient (Wildman–Crippen LogP) is 2.83. The molecule has 0 saturated carbocycles. The number of benzene rings is 1. The molecule has 0 amide bonds. The molecule has 1 aromatic carbocycles. The monoisotopic (exact) mass is 204 g/mol. The van der Waals surface area contributed by atoms with Gasteiger partial charge in [-0.25, -0.2) is 5.01 Å². The van der Waals surface area contributed by atoms with Crippen molar-refractivity contribution >= 4 is 5.69 Å². The average Bonchev–Trinajstić information content (AvgIpc) is 2.44. The Morgan fingerprint density at radius 1 is 1.00 bits per heavy atom. The van der Waals surface area contributed by atoms with Gasteiger partial charge in [0.2, 0.25) is 0 Å². The van der Waals surface area contributed by atoms with Crippen LogP contribution in [0.1, 0.15) is 24.8 Å². The van der Waals surface area contributed by atoms with E-state index in [0.29, 0.717) is 0 Å². The van der Waals surface area contributed by atoms with Crippen LogP contribution in [-0.2, 0) is 0 Å². The van der Waals surface area contributed by atoms with Crippen LogP contribution in [0.15, 0.2) is 24.3 Å². The Kier molecular flexibility index (Phi) is 3.27. The van der Waals surface area contributed by atoms with Crippen molar-refractivity contribution in [3.05, 3.63) is 29.8 Å². The number of anilines is 1. The van der Waals surface area contributed by atoms with Crippen LogP contribution in [0.25, 0.3) is 0 Å². The number of nitrogens with zero attached hydrogens (tertiary/aromatic N) is 2. The molecule has 0 bridgehead atoms. The molecule has 0 aromatic heterocycles. The van der Waals surface area contributed by atoms with Crippen molar-refractivity contribution < 1.29 is 0 Å². The lowest BCUT2D eigenvalue weighted by Gasteiger charge is -2.33. The minimum atomic E-state index is 1.15. The topological polar surface area (TPSA) is 6.48 Å². The molecule has 1 aromatic rings. The van der Waals surface area contributed by atoms with Gasteiger partial charge < -0.3 is 5.01 Å². The smallest absolute Gasteiger partial charge is 0.0551 e. The maximum atomic E-state index is 2.42. The molecule has 2 nitrogen and oxygen atoms in total. The van der Waals surface area contributed by atoms with Gasteiger partial charge >= 0.3 is 0 Å². The van der Waals surface area contributed by atoms with E-state index >= 15 is 0 Å². The van der Waals surface area contributed by atoms with Gasteiger partial charge in [-0.3, -0.25) is 0 Å². The highest BCUT2D eigenvalue weighted by atomic mass is 15.6. The summed E-state index contributed by atoms with van der Waals surface area (Å²) in [5, 5.41) is 4.78. The molecule has 0 aliphatic carbocycles. The summed E-state index contributed by atoms with van der Waals surface area (Å²) in [4.78, 5) is 0. The molecule has 1 heterocycles. The summed E-state index contributed by atoms with van der Waals surface area (Å²) in [6, 6.07) is 8.64. The molecule has 1 aliphatic rings. The van der Waals surface area contributed by atoms with E-state index in [4.69, 9.17) is 0 Å². The van der Waals surface area contributed by atoms with Gasteiger partial charge in [0.1, 0.15) is 0 Å². The fourth-order valence-electron chi connectivity index (χ4n) is 2.23. The summed E-state index contributed by atoms with van der Waals surface area (Å²) in [6.45, 7) is 4.52. The summed E-state index contributed by atoms with van der Waals surface area (Å²) in [6.07, 6.45) is 3.98. The highest BCUT2D eigenvalue weighted by Crippen LogP contribution is 2.23. The second-order valence-electron chi connectivity index (χ2n) is 4.35. The molecular formula is C13H20N2. The molecule has 1 aliphatic heterocycles. The van der Waals surface area contributed by atoms with E-state index in [2.05, 4.69) is 48.3 Å². The van der Waals surface area contributed by atoms with Gasteiger partial charge in [0.15, 0.2) is 0 Å². The van der Waals surface area contributed by atoms with Gasteiger partial charge in [-0.2, -0.15) is 0 Å². The Bertz CT molecular complexity index is 322. The molecular weight excluding hydrogens is 184 g/mol. The summed E-state index contributed by atoms with van der Waals surface area (Å²) in [5.41, 5.74) is 2.73. The van der Waals surface area contributed by atoms with E-state index in [-0.39, 0.29) is 0 Å². The first-order valence-electron chi connectivity index (χ1n) is 5.83. The van der Waals surface area contributed by atoms with Gasteiger partial charge in [0.25, 0.3) is 0 Å². The number of para-hydroxylation sites is 1. The van der Waals surface area contributed by atoms with Gasteiger partial charge in [-0.05, 0) is 31.4 Å². The van der Waals surface area contributed by atoms with E-state index < -0.39 is 0 Å². The molecule has 1 fully saturated rings. The Balaban J connectivity index is 2.24. The van der Waals surface area contributed by atoms with Crippen LogP contribution in [0.2, 0.25) is 0 Å². The van der Waals surface area contributed by atoms with Crippen molar-refractivity contribution in [2.75, 3.05) is 25.1 Å². The maximum Gasteiger partial charge on any atom is 0.0551 e. The maximum absolute atomic E-state index is 2.42. The second kappa shape index (κ2) is 4.67. The van der Waals surface area contributed by atoms with Crippen LogP contribution in [0.4, 0.5) is 5.69 Å². The Morgan fingerprint density at radius 3 is 2.53 bits per heavy atom. The molecule has 0 spiro atoms. The van der Waals surface area contributed by atoms with Gasteiger partial charge in [0, 0.05) is 20.1 Å². The lowest BCUT2D eigenvalue weighted by molar-refractivity contribution is 0.321. The number of aryl methyl sites for hydroxylation is 1. The normalized spacial score (nSPS) is 18.9. The molecule has 15 heavy (non-hydrogen) atoms. The van der Waals surface area contributed by atoms with Crippen LogP contribution in [0.3, 0.4) is 0 Å². The first kappa shape index (κ1) is 10.5. The average molecular weight is 204 g/mol. The third-order valence-corrected chi connectivity index (χ3v) is 3.16. The van der Waals surface area contributed by atoms with Crippen molar-refractivity contribution in [3.63, 3.8) is 0 Å². The SMILES string of the molecule is Cc1ccccc1N1CCCCCN1C. The zero-order valence-electron chi connectivity index (χ0n) is 9.74. The number of hydrogen-bond donors (Lipinski definition) is 0. The van der Waals surface area contributed by atoms with Crippen LogP contribution in [0, 0.1) is 6.92 Å². The number of hydrogen-bond acceptors (Lipinski definition) is 2. The first-order valence-corrected chi connectivity index (χ1v) is 5.83. The van der Waals surface area contributed by atoms with E-state index in [9.17, 15) is 0 Å². The molecule has 82 valence electrons. The van der Waals surface area contributed by atoms with Gasteiger partial charge in [-0.15, -0.1) is 0 Å². The Labute approximate surface area is 92.5 Å². The predicted molar refractivity (Wildman–Crippen MR) is 65.0 cm³/mol. The fraction of sp³-hybridized carbons (Fsp3) is 0.538. The van der Waals surface area contributed by atoms with Crippen molar-refractivity contribution in [2.24, 2.45) is 0 Å². The van der Waals surface area contributed by atoms with Crippen LogP contribution in [-0.4, -0.2) is 25.1 Å². The molecule has 0 N–H and O–H groups in total. The minimum Gasteiger partial charge on any atom is -0.306 e. The Hall–Kier alpha value is -1.02. The summed E-state index contributed by atoms with van der Waals surface area (Å²) in [7, 11) is 2.19. The second-order valence-corrected chi connectivity index (χ2v) is 4.35. The lowest BCUT2D eigenvalue weighted by Crippen LogP contribution is -2.40. The van der Waals surface area contributed by atoms with Crippen LogP contribution in [0.5, 0.6) is 0 Å². The summed E-state index contributed by atoms with van der Waals surface area (Å²) < 4.78 is 0. The molecule has 1 saturated heterocycles. The zero-order chi connectivity index (χ0) is 10.7. The summed E-state index contributed by atoms with van der Waals surface area (Å²) in [5.74, 6) is 0. The van der Waals surface area contributed by atoms with E-state index in [0.717, 1.165) is 6.54 Å². The highest BCUT2D eigenvalue weighted by molar-refractivity contribution is 5.52. The quantitative estimate of drug-likeness (QED) is 0.694. The van der Waals surface area contributed by atoms with Gasteiger partial charge in [-0.1, -0.05) is 24.6 Å². The largest absolute Gasteiger partial charge is 0.306 e. The van der Waals surface area contributed by atoms with Crippen LogP contribution < -0.4 is 5.01 Å². The third-order valence-electron chi connectivity index (χ3n) is 3.16. The molecule has 2 rings (SSSR count). The van der Waals surface area contributed by atoms with E-state index in [1.54, 1.807) is 0 Å². The van der Waals surface area contributed by atoms with Crippen LogP contribution >= 0.6 is 0 Å². The van der Waals surface area contributed by atoms with Gasteiger partial charge in [0.05, 0.1) is 5.69 Å². The Morgan fingerprint density at radius 2 is 1.73 bits per heavy atom. The van der Waals surface area contributed by atoms with E-state index in [1.807, 2.05) is 0 Å². The molecule has 0 radical (unpaired) electrons. The number of hydrazine groups is 1. The summed E-state index contributed by atoms with van der Waals surface area (Å²) >= 11 is 0. The standard InChI is InChI=1S/C13H20N2/c1-12-8-4-5-9-13(12)15-11-7-3-6-10-14(15)2/h4-5,8-9H,3,6-7,10-11H2,1-2H3. The van der Waals surface area contributed by atoms with Crippen molar-refractivity contribution in [2.45, 2.75) is 26.2 Å². The minimum absolute atomic E-state index is 1.15. The fourth-order valence-corrected chi connectivity index (χ4v) is 2.23. The molecule has 0 unspecified atom stereocenters.